The maximum atomic E-state index is 12.1. The van der Waals surface area contributed by atoms with Crippen molar-refractivity contribution in [2.45, 2.75) is 13.3 Å². The number of fused-ring (bicyclic) bond motifs is 2. The van der Waals surface area contributed by atoms with Crippen LogP contribution >= 0.6 is 0 Å². The summed E-state index contributed by atoms with van der Waals surface area (Å²) in [5.41, 5.74) is 2.00. The normalized spacial score (nSPS) is 15.4. The molecule has 1 aromatic rings. The molecule has 0 fully saturated rings. The van der Waals surface area contributed by atoms with Crippen molar-refractivity contribution in [3.8, 4) is 11.5 Å². The zero-order valence-corrected chi connectivity index (χ0v) is 10.5. The number of hydrogen-bond donors (Lipinski definition) is 1. The first-order chi connectivity index (χ1) is 9.20. The number of rotatable bonds is 2. The molecule has 0 aromatic heterocycles. The van der Waals surface area contributed by atoms with Crippen LogP contribution in [0.1, 0.15) is 28.4 Å². The second-order valence-electron chi connectivity index (χ2n) is 4.34. The lowest BCUT2D eigenvalue weighted by atomic mass is 9.85. The van der Waals surface area contributed by atoms with E-state index in [-0.39, 0.29) is 12.2 Å². The monoisotopic (exact) mass is 260 g/mol. The van der Waals surface area contributed by atoms with Crippen LogP contribution in [0.2, 0.25) is 0 Å². The first kappa shape index (κ1) is 12.1. The minimum absolute atomic E-state index is 0.273. The van der Waals surface area contributed by atoms with Crippen molar-refractivity contribution in [2.75, 3.05) is 13.2 Å². The standard InChI is InChI=1S/C13H13BO5/c1-2-17-13(15)10-11-9(4-6-18-11)7-8-3-5-14(16)19-12(8)10/h3,5,7,16H,2,4,6H2,1H3. The average Bonchev–Trinajstić information content (AvgIpc) is 2.83. The molecule has 1 aromatic carbocycles. The van der Waals surface area contributed by atoms with E-state index in [2.05, 4.69) is 0 Å². The van der Waals surface area contributed by atoms with E-state index >= 15 is 0 Å². The van der Waals surface area contributed by atoms with E-state index in [9.17, 15) is 9.82 Å². The Kier molecular flexibility index (Phi) is 2.95. The predicted octanol–water partition coefficient (Wildman–Crippen LogP) is 1.22. The van der Waals surface area contributed by atoms with Crippen molar-refractivity contribution in [1.82, 2.24) is 0 Å². The van der Waals surface area contributed by atoms with Gasteiger partial charge in [-0.05, 0) is 24.5 Å². The molecule has 0 bridgehead atoms. The van der Waals surface area contributed by atoms with Gasteiger partial charge in [-0.2, -0.15) is 0 Å². The molecule has 98 valence electrons. The first-order valence-corrected chi connectivity index (χ1v) is 6.23. The molecule has 0 unspecified atom stereocenters. The topological polar surface area (TPSA) is 65.0 Å². The van der Waals surface area contributed by atoms with Gasteiger partial charge in [-0.25, -0.2) is 4.79 Å². The summed E-state index contributed by atoms with van der Waals surface area (Å²) in [6.07, 6.45) is 2.50. The second kappa shape index (κ2) is 4.62. The minimum atomic E-state index is -1.06. The predicted molar refractivity (Wildman–Crippen MR) is 69.2 cm³/mol. The van der Waals surface area contributed by atoms with Crippen LogP contribution in [0.4, 0.5) is 0 Å². The van der Waals surface area contributed by atoms with E-state index in [1.165, 1.54) is 5.98 Å². The SMILES string of the molecule is CCOC(=O)c1c2c(cc3c1OCC3)C=CB(O)O2. The Morgan fingerprint density at radius 1 is 1.53 bits per heavy atom. The van der Waals surface area contributed by atoms with E-state index in [0.717, 1.165) is 17.5 Å². The highest BCUT2D eigenvalue weighted by Gasteiger charge is 2.32. The quantitative estimate of drug-likeness (QED) is 0.639. The molecule has 1 N–H and O–H groups in total. The average molecular weight is 260 g/mol. The summed E-state index contributed by atoms with van der Waals surface area (Å²) in [7, 11) is -1.06. The van der Waals surface area contributed by atoms with Gasteiger partial charge in [0.2, 0.25) is 0 Å². The summed E-state index contributed by atoms with van der Waals surface area (Å²) in [4.78, 5) is 12.1. The highest BCUT2D eigenvalue weighted by atomic mass is 16.5. The molecule has 2 aliphatic heterocycles. The highest BCUT2D eigenvalue weighted by Crippen LogP contribution is 2.41. The third-order valence-corrected chi connectivity index (χ3v) is 3.11. The minimum Gasteiger partial charge on any atom is -0.532 e. The Bertz CT molecular complexity index is 567. The van der Waals surface area contributed by atoms with Gasteiger partial charge in [-0.1, -0.05) is 6.08 Å². The first-order valence-electron chi connectivity index (χ1n) is 6.23. The van der Waals surface area contributed by atoms with Crippen molar-refractivity contribution in [1.29, 1.82) is 0 Å². The molecule has 0 amide bonds. The molecule has 2 aliphatic rings. The van der Waals surface area contributed by atoms with E-state index in [1.807, 2.05) is 6.07 Å². The van der Waals surface area contributed by atoms with Crippen LogP contribution in [0.15, 0.2) is 12.0 Å². The van der Waals surface area contributed by atoms with Gasteiger partial charge in [0.25, 0.3) is 0 Å². The summed E-state index contributed by atoms with van der Waals surface area (Å²) >= 11 is 0. The Hall–Kier alpha value is -1.95. The van der Waals surface area contributed by atoms with Crippen LogP contribution in [0.25, 0.3) is 6.08 Å². The number of carbonyl (C=O) groups is 1. The molecule has 5 nitrogen and oxygen atoms in total. The number of ether oxygens (including phenoxy) is 2. The van der Waals surface area contributed by atoms with Gasteiger partial charge in [0.05, 0.1) is 13.2 Å². The van der Waals surface area contributed by atoms with E-state index in [1.54, 1.807) is 13.0 Å². The van der Waals surface area contributed by atoms with Gasteiger partial charge in [0, 0.05) is 12.0 Å². The molecule has 0 atom stereocenters. The number of benzene rings is 1. The largest absolute Gasteiger partial charge is 0.552 e. The zero-order chi connectivity index (χ0) is 13.4. The van der Waals surface area contributed by atoms with Gasteiger partial charge >= 0.3 is 13.1 Å². The lowest BCUT2D eigenvalue weighted by Crippen LogP contribution is -2.24. The van der Waals surface area contributed by atoms with E-state index in [4.69, 9.17) is 14.1 Å². The van der Waals surface area contributed by atoms with Gasteiger partial charge in [-0.3, -0.25) is 0 Å². The molecule has 0 saturated carbocycles. The number of hydrogen-bond acceptors (Lipinski definition) is 5. The maximum absolute atomic E-state index is 12.1. The summed E-state index contributed by atoms with van der Waals surface area (Å²) in [6, 6.07) is 1.92. The highest BCUT2D eigenvalue weighted by molar-refractivity contribution is 6.51. The maximum Gasteiger partial charge on any atom is 0.552 e. The van der Waals surface area contributed by atoms with Gasteiger partial charge < -0.3 is 19.2 Å². The smallest absolute Gasteiger partial charge is 0.532 e. The Morgan fingerprint density at radius 3 is 3.16 bits per heavy atom. The lowest BCUT2D eigenvalue weighted by molar-refractivity contribution is 0.0520. The molecule has 0 aliphatic carbocycles. The Balaban J connectivity index is 2.17. The Labute approximate surface area is 110 Å². The molecular weight excluding hydrogens is 247 g/mol. The van der Waals surface area contributed by atoms with Crippen molar-refractivity contribution in [2.24, 2.45) is 0 Å². The van der Waals surface area contributed by atoms with Crippen LogP contribution in [-0.4, -0.2) is 31.3 Å². The molecule has 3 rings (SSSR count). The van der Waals surface area contributed by atoms with Crippen molar-refractivity contribution in [3.63, 3.8) is 0 Å². The van der Waals surface area contributed by atoms with Crippen LogP contribution in [-0.2, 0) is 11.2 Å². The van der Waals surface area contributed by atoms with E-state index in [0.29, 0.717) is 18.1 Å². The Morgan fingerprint density at radius 2 is 2.37 bits per heavy atom. The zero-order valence-electron chi connectivity index (χ0n) is 10.5. The lowest BCUT2D eigenvalue weighted by Gasteiger charge is -2.20. The van der Waals surface area contributed by atoms with Crippen molar-refractivity contribution < 1.29 is 23.9 Å². The van der Waals surface area contributed by atoms with Crippen LogP contribution in [0, 0.1) is 0 Å². The van der Waals surface area contributed by atoms with Gasteiger partial charge in [0.15, 0.2) is 0 Å². The number of carbonyl (C=O) groups excluding carboxylic acids is 1. The van der Waals surface area contributed by atoms with Crippen molar-refractivity contribution >= 4 is 19.2 Å². The summed E-state index contributed by atoms with van der Waals surface area (Å²) in [5.74, 6) is 1.88. The fraction of sp³-hybridized carbons (Fsp3) is 0.308. The van der Waals surface area contributed by atoms with Gasteiger partial charge in [0.1, 0.15) is 17.1 Å². The molecular formula is C13H13BO5. The van der Waals surface area contributed by atoms with Crippen LogP contribution in [0.3, 0.4) is 0 Å². The van der Waals surface area contributed by atoms with Crippen LogP contribution < -0.4 is 9.39 Å². The van der Waals surface area contributed by atoms with Crippen molar-refractivity contribution in [3.05, 3.63) is 28.7 Å². The molecule has 2 heterocycles. The summed E-state index contributed by atoms with van der Waals surface area (Å²) in [6.45, 7) is 2.55. The molecule has 19 heavy (non-hydrogen) atoms. The summed E-state index contributed by atoms with van der Waals surface area (Å²) in [5, 5.41) is 9.54. The molecule has 6 heteroatoms. The third-order valence-electron chi connectivity index (χ3n) is 3.11. The molecule has 0 saturated heterocycles. The molecule has 0 spiro atoms. The van der Waals surface area contributed by atoms with Crippen LogP contribution in [0.5, 0.6) is 11.5 Å². The summed E-state index contributed by atoms with van der Waals surface area (Å²) < 4.78 is 15.9. The van der Waals surface area contributed by atoms with Gasteiger partial charge in [-0.15, -0.1) is 0 Å². The van der Waals surface area contributed by atoms with E-state index < -0.39 is 13.1 Å². The third kappa shape index (κ3) is 1.98. The fourth-order valence-electron chi connectivity index (χ4n) is 2.33. The second-order valence-corrected chi connectivity index (χ2v) is 4.34. The fourth-order valence-corrected chi connectivity index (χ4v) is 2.33. The molecule has 0 radical (unpaired) electrons. The number of esters is 1.